The van der Waals surface area contributed by atoms with Crippen molar-refractivity contribution in [2.45, 2.75) is 6.42 Å². The van der Waals surface area contributed by atoms with Crippen LogP contribution in [-0.2, 0) is 0 Å². The second kappa shape index (κ2) is 9.44. The first-order valence-corrected chi connectivity index (χ1v) is 10.4. The molecule has 0 amide bonds. The van der Waals surface area contributed by atoms with Gasteiger partial charge in [0.15, 0.2) is 5.76 Å². The molecule has 0 aliphatic carbocycles. The molecule has 4 rings (SSSR count). The average Bonchev–Trinajstić information content (AvgIpc) is 3.24. The Balaban J connectivity index is 1.27. The van der Waals surface area contributed by atoms with Crippen molar-refractivity contribution in [3.05, 3.63) is 59.6 Å². The minimum atomic E-state index is 0.701. The molecule has 0 bridgehead atoms. The molecule has 152 valence electrons. The third-order valence-electron chi connectivity index (χ3n) is 5.27. The second-order valence-corrected chi connectivity index (χ2v) is 7.89. The fraction of sp³-hybridized carbons (Fsp3) is 0.348. The smallest absolute Gasteiger partial charge is 0.167 e. The molecule has 3 aromatic rings. The Morgan fingerprint density at radius 2 is 1.66 bits per heavy atom. The van der Waals surface area contributed by atoms with E-state index in [0.29, 0.717) is 5.02 Å². The molecule has 2 aromatic carbocycles. The summed E-state index contributed by atoms with van der Waals surface area (Å²) in [6.45, 7) is 6.45. The first kappa shape index (κ1) is 20.0. The maximum atomic E-state index is 5.94. The Morgan fingerprint density at radius 3 is 2.38 bits per heavy atom. The number of piperazine rings is 1. The molecular weight excluding hydrogens is 386 g/mol. The minimum Gasteiger partial charge on any atom is -0.494 e. The lowest BCUT2D eigenvalue weighted by molar-refractivity contribution is 0.145. The van der Waals surface area contributed by atoms with Gasteiger partial charge in [0.25, 0.3) is 0 Å². The van der Waals surface area contributed by atoms with Crippen LogP contribution in [0, 0.1) is 0 Å². The highest BCUT2D eigenvalue weighted by Gasteiger charge is 2.13. The van der Waals surface area contributed by atoms with Crippen LogP contribution in [0.25, 0.3) is 22.6 Å². The van der Waals surface area contributed by atoms with Gasteiger partial charge in [0.1, 0.15) is 11.4 Å². The fourth-order valence-corrected chi connectivity index (χ4v) is 3.56. The fourth-order valence-electron chi connectivity index (χ4n) is 3.43. The van der Waals surface area contributed by atoms with Crippen LogP contribution in [0.4, 0.5) is 0 Å². The predicted molar refractivity (Wildman–Crippen MR) is 116 cm³/mol. The van der Waals surface area contributed by atoms with Crippen LogP contribution in [0.2, 0.25) is 5.02 Å². The zero-order valence-corrected chi connectivity index (χ0v) is 17.4. The van der Waals surface area contributed by atoms with Crippen molar-refractivity contribution in [1.82, 2.24) is 15.0 Å². The van der Waals surface area contributed by atoms with Gasteiger partial charge in [-0.1, -0.05) is 16.8 Å². The molecule has 0 radical (unpaired) electrons. The lowest BCUT2D eigenvalue weighted by Gasteiger charge is -2.32. The van der Waals surface area contributed by atoms with Gasteiger partial charge >= 0.3 is 0 Å². The van der Waals surface area contributed by atoms with Crippen molar-refractivity contribution in [3.8, 4) is 28.3 Å². The monoisotopic (exact) mass is 411 g/mol. The molecule has 1 aromatic heterocycles. The van der Waals surface area contributed by atoms with Gasteiger partial charge in [-0.05, 0) is 62.0 Å². The van der Waals surface area contributed by atoms with E-state index in [-0.39, 0.29) is 0 Å². The molecule has 0 spiro atoms. The van der Waals surface area contributed by atoms with Crippen LogP contribution >= 0.6 is 11.6 Å². The van der Waals surface area contributed by atoms with Gasteiger partial charge in [-0.3, -0.25) is 0 Å². The molecule has 6 heteroatoms. The summed E-state index contributed by atoms with van der Waals surface area (Å²) in [5, 5.41) is 4.89. The van der Waals surface area contributed by atoms with Crippen molar-refractivity contribution in [2.75, 3.05) is 46.4 Å². The zero-order valence-electron chi connectivity index (χ0n) is 16.7. The number of halogens is 1. The zero-order chi connectivity index (χ0) is 20.1. The van der Waals surface area contributed by atoms with Crippen LogP contribution in [0.1, 0.15) is 6.42 Å². The molecule has 1 saturated heterocycles. The van der Waals surface area contributed by atoms with Crippen molar-refractivity contribution in [1.29, 1.82) is 0 Å². The van der Waals surface area contributed by atoms with Crippen molar-refractivity contribution in [3.63, 3.8) is 0 Å². The summed E-state index contributed by atoms with van der Waals surface area (Å²) < 4.78 is 11.4. The number of likely N-dealkylation sites (N-methyl/N-ethyl adjacent to an activating group) is 1. The molecule has 1 fully saturated rings. The van der Waals surface area contributed by atoms with Crippen molar-refractivity contribution >= 4 is 11.6 Å². The average molecular weight is 412 g/mol. The van der Waals surface area contributed by atoms with E-state index >= 15 is 0 Å². The van der Waals surface area contributed by atoms with Crippen LogP contribution in [0.15, 0.2) is 59.1 Å². The standard InChI is InChI=1S/C23H26ClN3O2/c1-26-12-14-27(15-13-26)11-2-16-28-21-9-5-18(6-10-21)22-17-23(29-25-22)19-3-7-20(24)8-4-19/h3-10,17H,2,11-16H2,1H3. The molecule has 5 nitrogen and oxygen atoms in total. The topological polar surface area (TPSA) is 41.7 Å². The van der Waals surface area contributed by atoms with Gasteiger partial charge in [-0.2, -0.15) is 0 Å². The summed E-state index contributed by atoms with van der Waals surface area (Å²) in [5.41, 5.74) is 2.75. The van der Waals surface area contributed by atoms with Crippen LogP contribution < -0.4 is 4.74 Å². The summed E-state index contributed by atoms with van der Waals surface area (Å²) >= 11 is 5.94. The summed E-state index contributed by atoms with van der Waals surface area (Å²) in [6, 6.07) is 17.5. The maximum absolute atomic E-state index is 5.94. The van der Waals surface area contributed by atoms with E-state index in [1.165, 1.54) is 0 Å². The van der Waals surface area contributed by atoms with Gasteiger partial charge in [0.05, 0.1) is 6.61 Å². The lowest BCUT2D eigenvalue weighted by atomic mass is 10.1. The van der Waals surface area contributed by atoms with Crippen molar-refractivity contribution in [2.24, 2.45) is 0 Å². The Kier molecular flexibility index (Phi) is 6.49. The number of nitrogens with zero attached hydrogens (tertiary/aromatic N) is 3. The molecule has 0 atom stereocenters. The second-order valence-electron chi connectivity index (χ2n) is 7.45. The molecule has 0 unspecified atom stereocenters. The van der Waals surface area contributed by atoms with Gasteiger partial charge < -0.3 is 19.1 Å². The molecule has 0 saturated carbocycles. The number of hydrogen-bond acceptors (Lipinski definition) is 5. The molecule has 0 N–H and O–H groups in total. The van der Waals surface area contributed by atoms with E-state index in [9.17, 15) is 0 Å². The minimum absolute atomic E-state index is 0.701. The third-order valence-corrected chi connectivity index (χ3v) is 5.52. The largest absolute Gasteiger partial charge is 0.494 e. The highest BCUT2D eigenvalue weighted by molar-refractivity contribution is 6.30. The number of ether oxygens (including phenoxy) is 1. The van der Waals surface area contributed by atoms with E-state index in [0.717, 1.165) is 74.1 Å². The van der Waals surface area contributed by atoms with E-state index < -0.39 is 0 Å². The van der Waals surface area contributed by atoms with Crippen molar-refractivity contribution < 1.29 is 9.26 Å². The Labute approximate surface area is 176 Å². The quantitative estimate of drug-likeness (QED) is 0.528. The molecule has 1 aliphatic heterocycles. The highest BCUT2D eigenvalue weighted by atomic mass is 35.5. The Bertz CT molecular complexity index is 901. The van der Waals surface area contributed by atoms with E-state index in [1.807, 2.05) is 54.6 Å². The SMILES string of the molecule is CN1CCN(CCCOc2ccc(-c3cc(-c4ccc(Cl)cc4)on3)cc2)CC1. The van der Waals surface area contributed by atoms with Crippen LogP contribution in [0.5, 0.6) is 5.75 Å². The summed E-state index contributed by atoms with van der Waals surface area (Å²) in [6.07, 6.45) is 1.04. The van der Waals surface area contributed by atoms with Crippen LogP contribution in [-0.4, -0.2) is 61.3 Å². The molecule has 29 heavy (non-hydrogen) atoms. The number of aromatic nitrogens is 1. The highest BCUT2D eigenvalue weighted by Crippen LogP contribution is 2.28. The summed E-state index contributed by atoms with van der Waals surface area (Å²) in [4.78, 5) is 4.89. The molecule has 1 aliphatic rings. The van der Waals surface area contributed by atoms with E-state index in [2.05, 4.69) is 22.0 Å². The molecule has 2 heterocycles. The van der Waals surface area contributed by atoms with Gasteiger partial charge in [-0.15, -0.1) is 0 Å². The van der Waals surface area contributed by atoms with Crippen LogP contribution in [0.3, 0.4) is 0 Å². The lowest BCUT2D eigenvalue weighted by Crippen LogP contribution is -2.44. The first-order chi connectivity index (χ1) is 14.2. The van der Waals surface area contributed by atoms with E-state index in [1.54, 1.807) is 0 Å². The molecular formula is C23H26ClN3O2. The number of benzene rings is 2. The predicted octanol–water partition coefficient (Wildman–Crippen LogP) is 4.68. The first-order valence-electron chi connectivity index (χ1n) is 10.0. The van der Waals surface area contributed by atoms with Gasteiger partial charge in [0.2, 0.25) is 0 Å². The summed E-state index contributed by atoms with van der Waals surface area (Å²) in [7, 11) is 2.18. The third kappa shape index (κ3) is 5.38. The normalized spacial score (nSPS) is 15.5. The van der Waals surface area contributed by atoms with Gasteiger partial charge in [-0.25, -0.2) is 0 Å². The Morgan fingerprint density at radius 1 is 0.966 bits per heavy atom. The number of rotatable bonds is 7. The van der Waals surface area contributed by atoms with Gasteiger partial charge in [0, 0.05) is 54.9 Å². The number of hydrogen-bond donors (Lipinski definition) is 0. The van der Waals surface area contributed by atoms with E-state index in [4.69, 9.17) is 20.9 Å². The Hall–Kier alpha value is -2.34. The summed E-state index contributed by atoms with van der Waals surface area (Å²) in [5.74, 6) is 1.61. The maximum Gasteiger partial charge on any atom is 0.167 e.